The van der Waals surface area contributed by atoms with Crippen molar-refractivity contribution >= 4 is 5.91 Å². The van der Waals surface area contributed by atoms with Gasteiger partial charge in [-0.1, -0.05) is 6.07 Å². The summed E-state index contributed by atoms with van der Waals surface area (Å²) in [5.74, 6) is 0.530. The van der Waals surface area contributed by atoms with Crippen molar-refractivity contribution in [2.45, 2.75) is 20.0 Å². The van der Waals surface area contributed by atoms with E-state index in [4.69, 9.17) is 19.2 Å². The third-order valence-corrected chi connectivity index (χ3v) is 3.27. The molecule has 0 aliphatic heterocycles. The molecule has 1 heterocycles. The number of nitriles is 1. The van der Waals surface area contributed by atoms with Crippen LogP contribution in [0.1, 0.15) is 35.0 Å². The number of amides is 1. The standard InChI is InChI=1S/C18H20N2O4/c1-2-22-9-4-8-20-18(21)17-15(7-10-23-17)13-24-16-6-3-5-14(11-16)12-19/h3,5-7,10-11H,2,4,8-9,13H2,1H3,(H,20,21). The zero-order chi connectivity index (χ0) is 17.2. The molecule has 0 fully saturated rings. The summed E-state index contributed by atoms with van der Waals surface area (Å²) in [6.45, 7) is 3.91. The molecule has 6 nitrogen and oxygen atoms in total. The van der Waals surface area contributed by atoms with Crippen molar-refractivity contribution in [2.24, 2.45) is 0 Å². The first kappa shape index (κ1) is 17.6. The second-order valence-electron chi connectivity index (χ2n) is 5.01. The first-order chi connectivity index (χ1) is 11.7. The summed E-state index contributed by atoms with van der Waals surface area (Å²) in [5, 5.41) is 11.7. The lowest BCUT2D eigenvalue weighted by atomic mass is 10.2. The fourth-order valence-corrected chi connectivity index (χ4v) is 2.07. The van der Waals surface area contributed by atoms with Gasteiger partial charge in [-0.2, -0.15) is 5.26 Å². The van der Waals surface area contributed by atoms with Crippen LogP contribution in [0.3, 0.4) is 0 Å². The molecule has 0 aliphatic carbocycles. The summed E-state index contributed by atoms with van der Waals surface area (Å²) in [4.78, 5) is 12.1. The number of rotatable bonds is 9. The van der Waals surface area contributed by atoms with E-state index in [1.807, 2.05) is 6.92 Å². The highest BCUT2D eigenvalue weighted by molar-refractivity contribution is 5.92. The molecule has 1 N–H and O–H groups in total. The first-order valence-electron chi connectivity index (χ1n) is 7.80. The molecule has 0 saturated heterocycles. The molecule has 126 valence electrons. The Morgan fingerprint density at radius 2 is 2.25 bits per heavy atom. The number of furan rings is 1. The molecule has 0 unspecified atom stereocenters. The minimum Gasteiger partial charge on any atom is -0.489 e. The number of carbonyl (C=O) groups excluding carboxylic acids is 1. The SMILES string of the molecule is CCOCCCNC(=O)c1occc1COc1cccc(C#N)c1. The van der Waals surface area contributed by atoms with Gasteiger partial charge in [0, 0.05) is 25.3 Å². The highest BCUT2D eigenvalue weighted by atomic mass is 16.5. The molecule has 0 aliphatic rings. The predicted molar refractivity (Wildman–Crippen MR) is 87.6 cm³/mol. The van der Waals surface area contributed by atoms with Gasteiger partial charge in [0.05, 0.1) is 17.9 Å². The molecule has 0 atom stereocenters. The van der Waals surface area contributed by atoms with Crippen LogP contribution in [0.5, 0.6) is 5.75 Å². The van der Waals surface area contributed by atoms with Gasteiger partial charge >= 0.3 is 0 Å². The summed E-state index contributed by atoms with van der Waals surface area (Å²) in [7, 11) is 0. The molecule has 2 rings (SSSR count). The molecule has 0 spiro atoms. The van der Waals surface area contributed by atoms with Crippen molar-refractivity contribution < 1.29 is 18.7 Å². The Morgan fingerprint density at radius 3 is 3.04 bits per heavy atom. The second-order valence-corrected chi connectivity index (χ2v) is 5.01. The first-order valence-corrected chi connectivity index (χ1v) is 7.80. The third kappa shape index (κ3) is 5.14. The van der Waals surface area contributed by atoms with E-state index in [1.54, 1.807) is 30.3 Å². The van der Waals surface area contributed by atoms with Crippen LogP contribution in [0.2, 0.25) is 0 Å². The van der Waals surface area contributed by atoms with Crippen LogP contribution < -0.4 is 10.1 Å². The van der Waals surface area contributed by atoms with Gasteiger partial charge in [0.2, 0.25) is 0 Å². The Labute approximate surface area is 141 Å². The number of hydrogen-bond donors (Lipinski definition) is 1. The van der Waals surface area contributed by atoms with E-state index in [0.717, 1.165) is 6.42 Å². The average Bonchev–Trinajstić information content (AvgIpc) is 3.08. The minimum absolute atomic E-state index is 0.188. The van der Waals surface area contributed by atoms with Crippen LogP contribution in [0.4, 0.5) is 0 Å². The highest BCUT2D eigenvalue weighted by Gasteiger charge is 2.15. The van der Waals surface area contributed by atoms with Gasteiger partial charge in [0.15, 0.2) is 5.76 Å². The number of nitrogens with one attached hydrogen (secondary N) is 1. The van der Waals surface area contributed by atoms with Gasteiger partial charge in [-0.3, -0.25) is 4.79 Å². The van der Waals surface area contributed by atoms with E-state index < -0.39 is 0 Å². The van der Waals surface area contributed by atoms with Crippen molar-refractivity contribution in [3.63, 3.8) is 0 Å². The molecule has 0 saturated carbocycles. The van der Waals surface area contributed by atoms with Crippen molar-refractivity contribution in [1.82, 2.24) is 5.32 Å². The van der Waals surface area contributed by atoms with Crippen LogP contribution in [0.15, 0.2) is 41.0 Å². The average molecular weight is 328 g/mol. The monoisotopic (exact) mass is 328 g/mol. The van der Waals surface area contributed by atoms with Crippen molar-refractivity contribution in [3.8, 4) is 11.8 Å². The van der Waals surface area contributed by atoms with Crippen molar-refractivity contribution in [3.05, 3.63) is 53.5 Å². The number of ether oxygens (including phenoxy) is 2. The van der Waals surface area contributed by atoms with E-state index in [9.17, 15) is 4.79 Å². The predicted octanol–water partition coefficient (Wildman–Crippen LogP) is 2.89. The van der Waals surface area contributed by atoms with E-state index >= 15 is 0 Å². The van der Waals surface area contributed by atoms with Crippen molar-refractivity contribution in [1.29, 1.82) is 5.26 Å². The Bertz CT molecular complexity index is 703. The molecule has 2 aromatic rings. The normalized spacial score (nSPS) is 10.2. The Morgan fingerprint density at radius 1 is 1.38 bits per heavy atom. The number of carbonyl (C=O) groups is 1. The van der Waals surface area contributed by atoms with E-state index in [2.05, 4.69) is 11.4 Å². The van der Waals surface area contributed by atoms with Crippen LogP contribution in [0, 0.1) is 11.3 Å². The van der Waals surface area contributed by atoms with E-state index in [-0.39, 0.29) is 18.3 Å². The van der Waals surface area contributed by atoms with E-state index in [0.29, 0.717) is 36.6 Å². The van der Waals surface area contributed by atoms with Crippen molar-refractivity contribution in [2.75, 3.05) is 19.8 Å². The zero-order valence-corrected chi connectivity index (χ0v) is 13.6. The maximum Gasteiger partial charge on any atom is 0.287 e. The van der Waals surface area contributed by atoms with Gasteiger partial charge in [-0.15, -0.1) is 0 Å². The molecular weight excluding hydrogens is 308 g/mol. The van der Waals surface area contributed by atoms with Gasteiger partial charge in [-0.05, 0) is 37.6 Å². The summed E-state index contributed by atoms with van der Waals surface area (Å²) in [6.07, 6.45) is 2.20. The minimum atomic E-state index is -0.277. The van der Waals surface area contributed by atoms with Crippen LogP contribution in [-0.4, -0.2) is 25.7 Å². The molecule has 0 bridgehead atoms. The number of benzene rings is 1. The maximum atomic E-state index is 12.1. The molecule has 1 aromatic heterocycles. The summed E-state index contributed by atoms with van der Waals surface area (Å²) in [6, 6.07) is 10.6. The Hall–Kier alpha value is -2.78. The number of hydrogen-bond acceptors (Lipinski definition) is 5. The van der Waals surface area contributed by atoms with Crippen LogP contribution in [0.25, 0.3) is 0 Å². The number of nitrogens with zero attached hydrogens (tertiary/aromatic N) is 1. The molecular formula is C18H20N2O4. The van der Waals surface area contributed by atoms with Gasteiger partial charge in [0.1, 0.15) is 12.4 Å². The molecule has 0 radical (unpaired) electrons. The third-order valence-electron chi connectivity index (χ3n) is 3.27. The topological polar surface area (TPSA) is 84.5 Å². The summed E-state index contributed by atoms with van der Waals surface area (Å²) >= 11 is 0. The molecule has 6 heteroatoms. The molecule has 1 amide bonds. The fraction of sp³-hybridized carbons (Fsp3) is 0.333. The quantitative estimate of drug-likeness (QED) is 0.716. The van der Waals surface area contributed by atoms with Gasteiger partial charge in [-0.25, -0.2) is 0 Å². The maximum absolute atomic E-state index is 12.1. The second kappa shape index (κ2) is 9.38. The fourth-order valence-electron chi connectivity index (χ4n) is 2.07. The molecule has 1 aromatic carbocycles. The summed E-state index contributed by atoms with van der Waals surface area (Å²) < 4.78 is 16.1. The molecule has 24 heavy (non-hydrogen) atoms. The Balaban J connectivity index is 1.87. The largest absolute Gasteiger partial charge is 0.489 e. The van der Waals surface area contributed by atoms with Gasteiger partial charge in [0.25, 0.3) is 5.91 Å². The van der Waals surface area contributed by atoms with E-state index in [1.165, 1.54) is 6.26 Å². The summed E-state index contributed by atoms with van der Waals surface area (Å²) in [5.41, 5.74) is 1.17. The zero-order valence-electron chi connectivity index (χ0n) is 13.6. The van der Waals surface area contributed by atoms with Crippen LogP contribution in [-0.2, 0) is 11.3 Å². The lowest BCUT2D eigenvalue weighted by Gasteiger charge is -2.07. The lowest BCUT2D eigenvalue weighted by molar-refractivity contribution is 0.0913. The smallest absolute Gasteiger partial charge is 0.287 e. The Kier molecular flexibility index (Phi) is 6.87. The highest BCUT2D eigenvalue weighted by Crippen LogP contribution is 2.17. The lowest BCUT2D eigenvalue weighted by Crippen LogP contribution is -2.26. The van der Waals surface area contributed by atoms with Gasteiger partial charge < -0.3 is 19.2 Å². The van der Waals surface area contributed by atoms with Crippen LogP contribution >= 0.6 is 0 Å².